The van der Waals surface area contributed by atoms with Gasteiger partial charge < -0.3 is 20.9 Å². The van der Waals surface area contributed by atoms with E-state index in [1.54, 1.807) is 24.3 Å². The van der Waals surface area contributed by atoms with Crippen molar-refractivity contribution in [1.29, 1.82) is 0 Å². The van der Waals surface area contributed by atoms with Crippen molar-refractivity contribution in [2.24, 2.45) is 5.92 Å². The second-order valence-electron chi connectivity index (χ2n) is 7.69. The van der Waals surface area contributed by atoms with Crippen molar-refractivity contribution in [3.05, 3.63) is 59.9 Å². The molecule has 2 aromatic carbocycles. The third-order valence-corrected chi connectivity index (χ3v) is 5.13. The molecule has 1 aliphatic rings. The molecule has 3 amide bonds. The minimum absolute atomic E-state index is 0.0660. The van der Waals surface area contributed by atoms with Gasteiger partial charge in [0, 0.05) is 0 Å². The number of hydrogen-bond acceptors (Lipinski definition) is 4. The maximum absolute atomic E-state index is 12.8. The molecule has 0 bridgehead atoms. The Kier molecular flexibility index (Phi) is 5.22. The summed E-state index contributed by atoms with van der Waals surface area (Å²) in [7, 11) is 0. The maximum atomic E-state index is 12.8. The molecule has 3 aromatic rings. The molecule has 1 unspecified atom stereocenters. The summed E-state index contributed by atoms with van der Waals surface area (Å²) in [5.41, 5.74) is 2.52. The molecule has 0 saturated heterocycles. The van der Waals surface area contributed by atoms with Crippen LogP contribution in [-0.2, 0) is 9.59 Å². The van der Waals surface area contributed by atoms with Crippen LogP contribution in [0.2, 0.25) is 0 Å². The second kappa shape index (κ2) is 7.98. The average Bonchev–Trinajstić information content (AvgIpc) is 3.10. The summed E-state index contributed by atoms with van der Waals surface area (Å²) >= 11 is 0. The molecule has 1 aliphatic heterocycles. The first-order valence-corrected chi connectivity index (χ1v) is 9.87. The number of aromatic nitrogens is 2. The molecular formula is C22H23N5O3. The molecule has 0 radical (unpaired) electrons. The Morgan fingerprint density at radius 2 is 1.83 bits per heavy atom. The van der Waals surface area contributed by atoms with Gasteiger partial charge in [-0.15, -0.1) is 0 Å². The normalized spacial score (nSPS) is 17.1. The van der Waals surface area contributed by atoms with Gasteiger partial charge in [0.1, 0.15) is 11.9 Å². The Balaban J connectivity index is 1.48. The van der Waals surface area contributed by atoms with E-state index in [1.165, 1.54) is 0 Å². The van der Waals surface area contributed by atoms with E-state index in [-0.39, 0.29) is 30.2 Å². The van der Waals surface area contributed by atoms with Crippen molar-refractivity contribution < 1.29 is 14.4 Å². The summed E-state index contributed by atoms with van der Waals surface area (Å²) in [6.45, 7) is 3.96. The number of para-hydroxylation sites is 3. The fourth-order valence-electron chi connectivity index (χ4n) is 3.54. The number of nitrogens with one attached hydrogen (secondary N) is 4. The Morgan fingerprint density at radius 1 is 1.10 bits per heavy atom. The zero-order chi connectivity index (χ0) is 21.3. The SMILES string of the molecule is CC(C)C(NC(=O)C[C@H]1NC(=O)c2ccccc2NC1=O)c1nc2ccccc2[nH]1. The lowest BCUT2D eigenvalue weighted by atomic mass is 10.0. The molecule has 0 saturated carbocycles. The highest BCUT2D eigenvalue weighted by Gasteiger charge is 2.31. The van der Waals surface area contributed by atoms with Crippen LogP contribution in [0.4, 0.5) is 5.69 Å². The molecule has 30 heavy (non-hydrogen) atoms. The van der Waals surface area contributed by atoms with Crippen molar-refractivity contribution in [3.63, 3.8) is 0 Å². The predicted molar refractivity (Wildman–Crippen MR) is 113 cm³/mol. The highest BCUT2D eigenvalue weighted by atomic mass is 16.2. The minimum Gasteiger partial charge on any atom is -0.346 e. The van der Waals surface area contributed by atoms with Crippen LogP contribution in [0.5, 0.6) is 0 Å². The van der Waals surface area contributed by atoms with E-state index in [0.717, 1.165) is 11.0 Å². The summed E-state index contributed by atoms with van der Waals surface area (Å²) in [5, 5.41) is 8.31. The molecule has 0 fully saturated rings. The zero-order valence-corrected chi connectivity index (χ0v) is 16.7. The zero-order valence-electron chi connectivity index (χ0n) is 16.7. The Bertz CT molecular complexity index is 1090. The van der Waals surface area contributed by atoms with Crippen molar-refractivity contribution in [3.8, 4) is 0 Å². The highest BCUT2D eigenvalue weighted by molar-refractivity contribution is 6.10. The summed E-state index contributed by atoms with van der Waals surface area (Å²) in [6.07, 6.45) is -0.172. The lowest BCUT2D eigenvalue weighted by Gasteiger charge is -2.22. The third kappa shape index (κ3) is 3.89. The van der Waals surface area contributed by atoms with Crippen LogP contribution >= 0.6 is 0 Å². The number of amides is 3. The van der Waals surface area contributed by atoms with Crippen molar-refractivity contribution in [2.75, 3.05) is 5.32 Å². The number of nitrogens with zero attached hydrogens (tertiary/aromatic N) is 1. The summed E-state index contributed by atoms with van der Waals surface area (Å²) < 4.78 is 0. The summed E-state index contributed by atoms with van der Waals surface area (Å²) in [5.74, 6) is -0.439. The molecule has 2 atom stereocenters. The van der Waals surface area contributed by atoms with Crippen LogP contribution in [0.3, 0.4) is 0 Å². The standard InChI is InChI=1S/C22H23N5O3/c1-12(2)19(20-23-15-9-5-6-10-16(15)24-20)27-18(28)11-17-22(30)25-14-8-4-3-7-13(14)21(29)26-17/h3-10,12,17,19H,11H2,1-2H3,(H,23,24)(H,25,30)(H,26,29)(H,27,28)/t17-,19?/m1/s1. The van der Waals surface area contributed by atoms with Gasteiger partial charge in [-0.2, -0.15) is 0 Å². The molecule has 1 aromatic heterocycles. The molecule has 8 heteroatoms. The largest absolute Gasteiger partial charge is 0.346 e. The molecule has 4 rings (SSSR count). The third-order valence-electron chi connectivity index (χ3n) is 5.13. The van der Waals surface area contributed by atoms with Gasteiger partial charge in [-0.1, -0.05) is 38.1 Å². The number of aromatic amines is 1. The number of anilines is 1. The number of hydrogen-bond donors (Lipinski definition) is 4. The average molecular weight is 405 g/mol. The van der Waals surface area contributed by atoms with Gasteiger partial charge in [0.25, 0.3) is 5.91 Å². The van der Waals surface area contributed by atoms with E-state index >= 15 is 0 Å². The van der Waals surface area contributed by atoms with Gasteiger partial charge in [0.15, 0.2) is 0 Å². The fourth-order valence-corrected chi connectivity index (χ4v) is 3.54. The van der Waals surface area contributed by atoms with Crippen molar-refractivity contribution >= 4 is 34.4 Å². The first-order chi connectivity index (χ1) is 14.4. The van der Waals surface area contributed by atoms with Gasteiger partial charge in [-0.3, -0.25) is 14.4 Å². The van der Waals surface area contributed by atoms with Crippen LogP contribution in [0.25, 0.3) is 11.0 Å². The first kappa shape index (κ1) is 19.6. The number of carbonyl (C=O) groups excluding carboxylic acids is 3. The molecule has 8 nitrogen and oxygen atoms in total. The number of imidazole rings is 1. The minimum atomic E-state index is -0.964. The van der Waals surface area contributed by atoms with E-state index in [2.05, 4.69) is 25.9 Å². The van der Waals surface area contributed by atoms with Crippen LogP contribution in [-0.4, -0.2) is 33.7 Å². The monoisotopic (exact) mass is 405 g/mol. The van der Waals surface area contributed by atoms with Crippen LogP contribution in [0.1, 0.15) is 42.5 Å². The number of benzene rings is 2. The fraction of sp³-hybridized carbons (Fsp3) is 0.273. The van der Waals surface area contributed by atoms with E-state index < -0.39 is 11.9 Å². The summed E-state index contributed by atoms with van der Waals surface area (Å²) in [6, 6.07) is 13.1. The molecule has 0 aliphatic carbocycles. The number of carbonyl (C=O) groups is 3. The van der Waals surface area contributed by atoms with Gasteiger partial charge in [0.2, 0.25) is 11.8 Å². The smallest absolute Gasteiger partial charge is 0.254 e. The highest BCUT2D eigenvalue weighted by Crippen LogP contribution is 2.23. The number of H-pyrrole nitrogens is 1. The second-order valence-corrected chi connectivity index (χ2v) is 7.69. The lowest BCUT2D eigenvalue weighted by molar-refractivity contribution is -0.126. The first-order valence-electron chi connectivity index (χ1n) is 9.87. The topological polar surface area (TPSA) is 116 Å². The number of fused-ring (bicyclic) bond motifs is 2. The van der Waals surface area contributed by atoms with E-state index in [0.29, 0.717) is 17.1 Å². The molecular weight excluding hydrogens is 382 g/mol. The number of rotatable bonds is 5. The molecule has 0 spiro atoms. The lowest BCUT2D eigenvalue weighted by Crippen LogP contribution is -2.45. The van der Waals surface area contributed by atoms with Crippen molar-refractivity contribution in [2.45, 2.75) is 32.4 Å². The molecule has 4 N–H and O–H groups in total. The van der Waals surface area contributed by atoms with Crippen molar-refractivity contribution in [1.82, 2.24) is 20.6 Å². The Morgan fingerprint density at radius 3 is 2.60 bits per heavy atom. The van der Waals surface area contributed by atoms with Crippen LogP contribution in [0.15, 0.2) is 48.5 Å². The molecule has 154 valence electrons. The van der Waals surface area contributed by atoms with Gasteiger partial charge >= 0.3 is 0 Å². The Hall–Kier alpha value is -3.68. The predicted octanol–water partition coefficient (Wildman–Crippen LogP) is 2.52. The summed E-state index contributed by atoms with van der Waals surface area (Å²) in [4.78, 5) is 45.6. The van der Waals surface area contributed by atoms with Gasteiger partial charge in [0.05, 0.1) is 34.7 Å². The van der Waals surface area contributed by atoms with E-state index in [9.17, 15) is 14.4 Å². The molecule has 2 heterocycles. The van der Waals surface area contributed by atoms with Crippen LogP contribution < -0.4 is 16.0 Å². The van der Waals surface area contributed by atoms with Gasteiger partial charge in [-0.25, -0.2) is 4.98 Å². The van der Waals surface area contributed by atoms with E-state index in [4.69, 9.17) is 0 Å². The van der Waals surface area contributed by atoms with Gasteiger partial charge in [-0.05, 0) is 30.2 Å². The van der Waals surface area contributed by atoms with E-state index in [1.807, 2.05) is 38.1 Å². The Labute approximate surface area is 173 Å². The van der Waals surface area contributed by atoms with Crippen LogP contribution in [0, 0.1) is 5.92 Å². The maximum Gasteiger partial charge on any atom is 0.254 e. The quantitative estimate of drug-likeness (QED) is 0.522.